The third-order valence-corrected chi connectivity index (χ3v) is 9.03. The molecule has 2 amide bonds. The van der Waals surface area contributed by atoms with Gasteiger partial charge < -0.3 is 25.0 Å². The number of benzene rings is 2. The summed E-state index contributed by atoms with van der Waals surface area (Å²) in [7, 11) is 3.35. The second-order valence-corrected chi connectivity index (χ2v) is 11.8. The van der Waals surface area contributed by atoms with Gasteiger partial charge in [-0.15, -0.1) is 0 Å². The van der Waals surface area contributed by atoms with Crippen LogP contribution in [-0.4, -0.2) is 63.8 Å². The molecule has 2 aromatic carbocycles. The first-order chi connectivity index (χ1) is 19.9. The van der Waals surface area contributed by atoms with Crippen molar-refractivity contribution in [3.63, 3.8) is 0 Å². The lowest BCUT2D eigenvalue weighted by Crippen LogP contribution is -2.45. The van der Waals surface area contributed by atoms with Gasteiger partial charge in [-0.25, -0.2) is 4.79 Å². The summed E-state index contributed by atoms with van der Waals surface area (Å²) in [6.45, 7) is 5.28. The number of nitrogens with one attached hydrogen (secondary N) is 2. The van der Waals surface area contributed by atoms with Gasteiger partial charge in [0.25, 0.3) is 0 Å². The Balaban J connectivity index is 1.57. The van der Waals surface area contributed by atoms with Crippen LogP contribution in [0.3, 0.4) is 0 Å². The number of halogens is 1. The summed E-state index contributed by atoms with van der Waals surface area (Å²) in [6.07, 6.45) is 6.21. The normalized spacial score (nSPS) is 21.8. The van der Waals surface area contributed by atoms with Gasteiger partial charge in [-0.3, -0.25) is 4.79 Å². The second-order valence-electron chi connectivity index (χ2n) is 11.4. The van der Waals surface area contributed by atoms with Crippen molar-refractivity contribution in [2.24, 2.45) is 17.8 Å². The lowest BCUT2D eigenvalue weighted by Gasteiger charge is -2.40. The number of nitrogens with zero attached hydrogens (tertiary/aromatic N) is 1. The average Bonchev–Trinajstić information content (AvgIpc) is 3.01. The Labute approximate surface area is 250 Å². The molecule has 2 aromatic rings. The SMILES string of the molecule is CCc1cccc(-c2c(Cl)cccc2[C@H](OCCNC(=O)OC)[C@@H]2CCCN(C(=O)C3CCC(CNC)CC3)C2)c1. The van der Waals surface area contributed by atoms with Crippen LogP contribution >= 0.6 is 11.6 Å². The maximum Gasteiger partial charge on any atom is 0.406 e. The number of likely N-dealkylation sites (tertiary alicyclic amines) is 1. The number of hydrogen-bond donors (Lipinski definition) is 2. The largest absolute Gasteiger partial charge is 0.453 e. The molecule has 2 N–H and O–H groups in total. The van der Waals surface area contributed by atoms with Crippen LogP contribution in [0.2, 0.25) is 5.02 Å². The number of rotatable bonds is 11. The predicted molar refractivity (Wildman–Crippen MR) is 164 cm³/mol. The van der Waals surface area contributed by atoms with Gasteiger partial charge in [-0.1, -0.05) is 54.9 Å². The summed E-state index contributed by atoms with van der Waals surface area (Å²) in [4.78, 5) is 27.4. The Hall–Kier alpha value is -2.61. The van der Waals surface area contributed by atoms with Gasteiger partial charge in [-0.2, -0.15) is 0 Å². The molecule has 0 aromatic heterocycles. The van der Waals surface area contributed by atoms with E-state index in [-0.39, 0.29) is 17.9 Å². The maximum absolute atomic E-state index is 13.7. The van der Waals surface area contributed by atoms with Crippen molar-refractivity contribution in [1.82, 2.24) is 15.5 Å². The van der Waals surface area contributed by atoms with Gasteiger partial charge in [0.2, 0.25) is 5.91 Å². The van der Waals surface area contributed by atoms with E-state index < -0.39 is 6.09 Å². The van der Waals surface area contributed by atoms with Crippen molar-refractivity contribution in [3.8, 4) is 11.1 Å². The molecule has 41 heavy (non-hydrogen) atoms. The molecule has 1 heterocycles. The fourth-order valence-corrected chi connectivity index (χ4v) is 6.83. The van der Waals surface area contributed by atoms with E-state index in [9.17, 15) is 9.59 Å². The molecule has 0 radical (unpaired) electrons. The zero-order valence-corrected chi connectivity index (χ0v) is 25.6. The first-order valence-electron chi connectivity index (χ1n) is 15.2. The van der Waals surface area contributed by atoms with E-state index in [0.717, 1.165) is 74.7 Å². The number of ether oxygens (including phenoxy) is 2. The van der Waals surface area contributed by atoms with Crippen LogP contribution in [-0.2, 0) is 20.7 Å². The van der Waals surface area contributed by atoms with Crippen molar-refractivity contribution in [3.05, 3.63) is 58.6 Å². The zero-order valence-electron chi connectivity index (χ0n) is 24.8. The third kappa shape index (κ3) is 8.24. The molecule has 1 saturated heterocycles. The van der Waals surface area contributed by atoms with E-state index in [4.69, 9.17) is 21.1 Å². The number of amides is 2. The summed E-state index contributed by atoms with van der Waals surface area (Å²) in [5, 5.41) is 6.68. The molecule has 0 unspecified atom stereocenters. The molecular weight excluding hydrogens is 538 g/mol. The van der Waals surface area contributed by atoms with Crippen LogP contribution in [0, 0.1) is 17.8 Å². The number of carbonyl (C=O) groups excluding carboxylic acids is 2. The van der Waals surface area contributed by atoms with Crippen molar-refractivity contribution in [1.29, 1.82) is 0 Å². The highest BCUT2D eigenvalue weighted by Crippen LogP contribution is 2.42. The minimum Gasteiger partial charge on any atom is -0.453 e. The van der Waals surface area contributed by atoms with Crippen molar-refractivity contribution in [2.75, 3.05) is 46.9 Å². The van der Waals surface area contributed by atoms with E-state index in [1.807, 2.05) is 19.2 Å². The van der Waals surface area contributed by atoms with Crippen LogP contribution in [0.25, 0.3) is 11.1 Å². The number of methoxy groups -OCH3 is 1. The van der Waals surface area contributed by atoms with Crippen LogP contribution in [0.1, 0.15) is 62.7 Å². The van der Waals surface area contributed by atoms with Crippen LogP contribution < -0.4 is 10.6 Å². The fraction of sp³-hybridized carbons (Fsp3) is 0.576. The van der Waals surface area contributed by atoms with Crippen molar-refractivity contribution >= 4 is 23.6 Å². The molecule has 2 atom stereocenters. The minimum atomic E-state index is -0.483. The number of carbonyl (C=O) groups is 2. The molecule has 2 fully saturated rings. The Kier molecular flexibility index (Phi) is 11.9. The lowest BCUT2D eigenvalue weighted by atomic mass is 9.80. The predicted octanol–water partition coefficient (Wildman–Crippen LogP) is 6.25. The maximum atomic E-state index is 13.7. The number of hydrogen-bond acceptors (Lipinski definition) is 5. The van der Waals surface area contributed by atoms with Gasteiger partial charge >= 0.3 is 6.09 Å². The van der Waals surface area contributed by atoms with E-state index in [1.165, 1.54) is 12.7 Å². The van der Waals surface area contributed by atoms with Gasteiger partial charge in [0.15, 0.2) is 0 Å². The first-order valence-corrected chi connectivity index (χ1v) is 15.6. The Morgan fingerprint density at radius 3 is 2.61 bits per heavy atom. The van der Waals surface area contributed by atoms with Crippen LogP contribution in [0.4, 0.5) is 4.79 Å². The molecule has 0 spiro atoms. The fourth-order valence-electron chi connectivity index (χ4n) is 6.54. The second kappa shape index (κ2) is 15.6. The summed E-state index contributed by atoms with van der Waals surface area (Å²) < 4.78 is 11.3. The summed E-state index contributed by atoms with van der Waals surface area (Å²) >= 11 is 6.88. The molecule has 2 aliphatic rings. The van der Waals surface area contributed by atoms with Crippen LogP contribution in [0.15, 0.2) is 42.5 Å². The topological polar surface area (TPSA) is 79.9 Å². The quantitative estimate of drug-likeness (QED) is 0.306. The van der Waals surface area contributed by atoms with E-state index in [0.29, 0.717) is 36.5 Å². The minimum absolute atomic E-state index is 0.109. The lowest BCUT2D eigenvalue weighted by molar-refractivity contribution is -0.140. The molecule has 1 aliphatic carbocycles. The zero-order chi connectivity index (χ0) is 29.2. The van der Waals surface area contributed by atoms with Gasteiger partial charge in [0, 0.05) is 42.1 Å². The van der Waals surface area contributed by atoms with Gasteiger partial charge in [0.05, 0.1) is 19.8 Å². The van der Waals surface area contributed by atoms with E-state index >= 15 is 0 Å². The highest BCUT2D eigenvalue weighted by molar-refractivity contribution is 6.33. The number of alkyl carbamates (subject to hydrolysis) is 1. The molecule has 1 aliphatic heterocycles. The van der Waals surface area contributed by atoms with Gasteiger partial charge in [-0.05, 0) is 87.2 Å². The molecule has 224 valence electrons. The molecule has 8 heteroatoms. The van der Waals surface area contributed by atoms with E-state index in [2.05, 4.69) is 52.8 Å². The van der Waals surface area contributed by atoms with Gasteiger partial charge in [0.1, 0.15) is 0 Å². The summed E-state index contributed by atoms with van der Waals surface area (Å²) in [6, 6.07) is 14.5. The Bertz CT molecular complexity index is 1150. The molecule has 0 bridgehead atoms. The first kappa shape index (κ1) is 31.3. The summed E-state index contributed by atoms with van der Waals surface area (Å²) in [5.74, 6) is 1.19. The molecule has 4 rings (SSSR count). The highest BCUT2D eigenvalue weighted by atomic mass is 35.5. The van der Waals surface area contributed by atoms with E-state index in [1.54, 1.807) is 0 Å². The smallest absolute Gasteiger partial charge is 0.406 e. The Morgan fingerprint density at radius 2 is 1.88 bits per heavy atom. The number of aryl methyl sites for hydroxylation is 1. The summed E-state index contributed by atoms with van der Waals surface area (Å²) in [5.41, 5.74) is 4.30. The highest BCUT2D eigenvalue weighted by Gasteiger charge is 2.36. The third-order valence-electron chi connectivity index (χ3n) is 8.72. The molecular formula is C33H46ClN3O4. The average molecular weight is 584 g/mol. The van der Waals surface area contributed by atoms with Crippen molar-refractivity contribution in [2.45, 2.75) is 58.0 Å². The molecule has 1 saturated carbocycles. The Morgan fingerprint density at radius 1 is 1.10 bits per heavy atom. The van der Waals surface area contributed by atoms with Crippen molar-refractivity contribution < 1.29 is 19.1 Å². The number of piperidine rings is 1. The molecule has 7 nitrogen and oxygen atoms in total. The standard InChI is InChI=1S/C33H46ClN3O4/c1-4-23-8-5-9-26(20-23)30-28(11-6-12-29(30)34)31(41-19-17-36-33(39)40-3)27-10-7-18-37(22-27)32(38)25-15-13-24(14-16-25)21-35-2/h5-6,8-9,11-12,20,24-25,27,31,35H,4,7,10,13-19,21-22H2,1-3H3,(H,36,39)/t24?,25?,27-,31-/m1/s1. The van der Waals surface area contributed by atoms with Crippen LogP contribution in [0.5, 0.6) is 0 Å². The monoisotopic (exact) mass is 583 g/mol.